The topological polar surface area (TPSA) is 52.3 Å². The van der Waals surface area contributed by atoms with Gasteiger partial charge in [0.15, 0.2) is 0 Å². The molecule has 0 aromatic rings. The predicted molar refractivity (Wildman–Crippen MR) is 67.9 cm³/mol. The molecule has 0 amide bonds. The number of ether oxygens (including phenoxy) is 1. The van der Waals surface area contributed by atoms with Gasteiger partial charge in [-0.2, -0.15) is 4.39 Å². The van der Waals surface area contributed by atoms with Crippen LogP contribution >= 0.6 is 0 Å². The second-order valence-electron chi connectivity index (χ2n) is 6.03. The summed E-state index contributed by atoms with van der Waals surface area (Å²) in [7, 11) is 0. The fourth-order valence-electron chi connectivity index (χ4n) is 3.65. The molecule has 0 radical (unpaired) electrons. The molecule has 2 aliphatic carbocycles. The van der Waals surface area contributed by atoms with Gasteiger partial charge >= 0.3 is 5.97 Å². The van der Waals surface area contributed by atoms with Gasteiger partial charge in [0.1, 0.15) is 11.2 Å². The highest BCUT2D eigenvalue weighted by molar-refractivity contribution is 5.66. The van der Waals surface area contributed by atoms with E-state index in [1.54, 1.807) is 0 Å². The molecule has 2 aliphatic rings. The molecule has 2 atom stereocenters. The highest BCUT2D eigenvalue weighted by Crippen LogP contribution is 2.52. The largest absolute Gasteiger partial charge is 0.427 e. The fourth-order valence-corrected chi connectivity index (χ4v) is 3.65. The maximum atomic E-state index is 15.2. The summed E-state index contributed by atoms with van der Waals surface area (Å²) in [6.07, 6.45) is 4.37. The molecule has 0 saturated heterocycles. The van der Waals surface area contributed by atoms with Crippen molar-refractivity contribution >= 4 is 5.97 Å². The SMILES string of the molecule is CC(=O)OC1(F)CCCCC1(N)C1(F)CCCCC1. The van der Waals surface area contributed by atoms with Crippen molar-refractivity contribution in [3.63, 3.8) is 0 Å². The molecule has 2 N–H and O–H groups in total. The second kappa shape index (κ2) is 5.00. The number of alkyl halides is 2. The van der Waals surface area contributed by atoms with Crippen molar-refractivity contribution in [3.05, 3.63) is 0 Å². The van der Waals surface area contributed by atoms with Crippen LogP contribution in [0.2, 0.25) is 0 Å². The van der Waals surface area contributed by atoms with Crippen LogP contribution in [0, 0.1) is 0 Å². The number of esters is 1. The lowest BCUT2D eigenvalue weighted by Crippen LogP contribution is -2.72. The van der Waals surface area contributed by atoms with Crippen LogP contribution < -0.4 is 5.73 Å². The van der Waals surface area contributed by atoms with E-state index in [1.807, 2.05) is 0 Å². The second-order valence-corrected chi connectivity index (χ2v) is 6.03. The van der Waals surface area contributed by atoms with Crippen LogP contribution in [0.15, 0.2) is 0 Å². The number of halogens is 2. The lowest BCUT2D eigenvalue weighted by molar-refractivity contribution is -0.237. The quantitative estimate of drug-likeness (QED) is 0.788. The van der Waals surface area contributed by atoms with Crippen molar-refractivity contribution < 1.29 is 18.3 Å². The van der Waals surface area contributed by atoms with Crippen LogP contribution in [0.5, 0.6) is 0 Å². The third kappa shape index (κ3) is 2.37. The number of hydrogen-bond donors (Lipinski definition) is 1. The minimum atomic E-state index is -2.37. The van der Waals surface area contributed by atoms with Gasteiger partial charge in [-0.15, -0.1) is 0 Å². The molecule has 0 aliphatic heterocycles. The molecule has 0 aromatic heterocycles. The first kappa shape index (κ1) is 14.7. The molecule has 3 nitrogen and oxygen atoms in total. The van der Waals surface area contributed by atoms with E-state index >= 15 is 8.78 Å². The third-order valence-corrected chi connectivity index (χ3v) is 4.74. The molecule has 2 unspecified atom stereocenters. The molecule has 0 bridgehead atoms. The number of hydrogen-bond acceptors (Lipinski definition) is 3. The highest BCUT2D eigenvalue weighted by atomic mass is 19.2. The van der Waals surface area contributed by atoms with Crippen molar-refractivity contribution in [3.8, 4) is 0 Å². The zero-order valence-electron chi connectivity index (χ0n) is 11.5. The van der Waals surface area contributed by atoms with Crippen molar-refractivity contribution in [2.45, 2.75) is 81.8 Å². The van der Waals surface area contributed by atoms with Crippen molar-refractivity contribution in [2.24, 2.45) is 5.73 Å². The Hall–Kier alpha value is -0.710. The summed E-state index contributed by atoms with van der Waals surface area (Å²) in [5.41, 5.74) is 2.70. The zero-order valence-corrected chi connectivity index (χ0v) is 11.5. The Kier molecular flexibility index (Phi) is 3.87. The maximum absolute atomic E-state index is 15.2. The standard InChI is InChI=1S/C14H23F2NO2/c1-11(18)19-14(16)10-6-5-9-13(14,17)12(15)7-3-2-4-8-12/h2-10,17H2,1H3. The zero-order chi connectivity index (χ0) is 14.1. The first-order valence-corrected chi connectivity index (χ1v) is 7.19. The molecule has 110 valence electrons. The van der Waals surface area contributed by atoms with Crippen LogP contribution in [-0.2, 0) is 9.53 Å². The van der Waals surface area contributed by atoms with Gasteiger partial charge in [0, 0.05) is 13.3 Å². The maximum Gasteiger partial charge on any atom is 0.305 e. The van der Waals surface area contributed by atoms with E-state index in [0.717, 1.165) is 13.3 Å². The Labute approximate surface area is 112 Å². The molecule has 0 aromatic carbocycles. The van der Waals surface area contributed by atoms with Gasteiger partial charge in [-0.1, -0.05) is 25.7 Å². The Balaban J connectivity index is 2.32. The Morgan fingerprint density at radius 1 is 1.00 bits per heavy atom. The van der Waals surface area contributed by atoms with Crippen molar-refractivity contribution in [1.82, 2.24) is 0 Å². The summed E-state index contributed by atoms with van der Waals surface area (Å²) in [6.45, 7) is 1.14. The smallest absolute Gasteiger partial charge is 0.305 e. The van der Waals surface area contributed by atoms with Gasteiger partial charge in [0.05, 0.1) is 0 Å². The molecule has 0 spiro atoms. The highest BCUT2D eigenvalue weighted by Gasteiger charge is 2.65. The van der Waals surface area contributed by atoms with Gasteiger partial charge in [0.25, 0.3) is 5.85 Å². The summed E-state index contributed by atoms with van der Waals surface area (Å²) in [4.78, 5) is 11.2. The monoisotopic (exact) mass is 275 g/mol. The summed E-state index contributed by atoms with van der Waals surface area (Å²) < 4.78 is 35.2. The minimum Gasteiger partial charge on any atom is -0.427 e. The van der Waals surface area contributed by atoms with E-state index in [0.29, 0.717) is 25.7 Å². The first-order chi connectivity index (χ1) is 8.83. The van der Waals surface area contributed by atoms with Crippen LogP contribution in [0.3, 0.4) is 0 Å². The van der Waals surface area contributed by atoms with Gasteiger partial charge in [0.2, 0.25) is 0 Å². The van der Waals surface area contributed by atoms with Crippen LogP contribution in [0.4, 0.5) is 8.78 Å². The molecule has 5 heteroatoms. The molecular formula is C14H23F2NO2. The summed E-state index contributed by atoms with van der Waals surface area (Å²) in [5, 5.41) is 0. The Morgan fingerprint density at radius 2 is 1.53 bits per heavy atom. The molecule has 2 saturated carbocycles. The number of carbonyl (C=O) groups is 1. The molecule has 2 fully saturated rings. The average Bonchev–Trinajstić information content (AvgIpc) is 2.33. The van der Waals surface area contributed by atoms with E-state index in [2.05, 4.69) is 0 Å². The molecule has 0 heterocycles. The Bertz CT molecular complexity index is 357. The van der Waals surface area contributed by atoms with E-state index < -0.39 is 23.0 Å². The van der Waals surface area contributed by atoms with Crippen molar-refractivity contribution in [1.29, 1.82) is 0 Å². The molecule has 2 rings (SSSR count). The lowest BCUT2D eigenvalue weighted by atomic mass is 9.63. The average molecular weight is 275 g/mol. The normalized spacial score (nSPS) is 38.7. The van der Waals surface area contributed by atoms with E-state index in [1.165, 1.54) is 0 Å². The van der Waals surface area contributed by atoms with Crippen LogP contribution in [-0.4, -0.2) is 23.0 Å². The van der Waals surface area contributed by atoms with E-state index in [9.17, 15) is 4.79 Å². The van der Waals surface area contributed by atoms with Gasteiger partial charge in [-0.25, -0.2) is 4.39 Å². The van der Waals surface area contributed by atoms with Gasteiger partial charge in [-0.3, -0.25) is 4.79 Å². The Morgan fingerprint density at radius 3 is 2.11 bits per heavy atom. The third-order valence-electron chi connectivity index (χ3n) is 4.74. The summed E-state index contributed by atoms with van der Waals surface area (Å²) in [6, 6.07) is 0. The van der Waals surface area contributed by atoms with Crippen LogP contribution in [0.25, 0.3) is 0 Å². The first-order valence-electron chi connectivity index (χ1n) is 7.19. The van der Waals surface area contributed by atoms with Crippen LogP contribution in [0.1, 0.15) is 64.7 Å². The lowest BCUT2D eigenvalue weighted by Gasteiger charge is -2.53. The number of nitrogens with two attached hydrogens (primary N) is 1. The van der Waals surface area contributed by atoms with Gasteiger partial charge < -0.3 is 10.5 Å². The predicted octanol–water partition coefficient (Wildman–Crippen LogP) is 3.16. The minimum absolute atomic E-state index is 0.00521. The van der Waals surface area contributed by atoms with Gasteiger partial charge in [-0.05, 0) is 25.7 Å². The fraction of sp³-hybridized carbons (Fsp3) is 0.929. The molecule has 19 heavy (non-hydrogen) atoms. The summed E-state index contributed by atoms with van der Waals surface area (Å²) in [5.74, 6) is -3.11. The van der Waals surface area contributed by atoms with E-state index in [-0.39, 0.29) is 25.7 Å². The van der Waals surface area contributed by atoms with Crippen molar-refractivity contribution in [2.75, 3.05) is 0 Å². The molecular weight excluding hydrogens is 252 g/mol. The summed E-state index contributed by atoms with van der Waals surface area (Å²) >= 11 is 0. The van der Waals surface area contributed by atoms with E-state index in [4.69, 9.17) is 10.5 Å². The number of rotatable bonds is 2. The number of carbonyl (C=O) groups excluding carboxylic acids is 1.